The van der Waals surface area contributed by atoms with Crippen LogP contribution in [-0.4, -0.2) is 62.7 Å². The van der Waals surface area contributed by atoms with Gasteiger partial charge in [-0.15, -0.1) is 0 Å². The zero-order chi connectivity index (χ0) is 18.9. The molecule has 1 atom stereocenters. The second kappa shape index (κ2) is 10.0. The van der Waals surface area contributed by atoms with Crippen molar-refractivity contribution in [2.75, 3.05) is 44.7 Å². The lowest BCUT2D eigenvalue weighted by molar-refractivity contribution is -0.117. The summed E-state index contributed by atoms with van der Waals surface area (Å²) in [6, 6.07) is 6.97. The van der Waals surface area contributed by atoms with Crippen LogP contribution in [-0.2, 0) is 4.79 Å². The van der Waals surface area contributed by atoms with Crippen molar-refractivity contribution in [3.05, 3.63) is 24.3 Å². The van der Waals surface area contributed by atoms with Crippen molar-refractivity contribution < 1.29 is 14.3 Å². The van der Waals surface area contributed by atoms with Gasteiger partial charge in [-0.2, -0.15) is 0 Å². The first-order valence-electron chi connectivity index (χ1n) is 9.28. The number of nitrogens with zero attached hydrogens (tertiary/aromatic N) is 2. The zero-order valence-electron chi connectivity index (χ0n) is 16.0. The lowest BCUT2D eigenvalue weighted by atomic mass is 10.2. The van der Waals surface area contributed by atoms with Gasteiger partial charge in [0.1, 0.15) is 5.75 Å². The molecule has 3 amide bonds. The van der Waals surface area contributed by atoms with Crippen molar-refractivity contribution in [3.8, 4) is 5.75 Å². The summed E-state index contributed by atoms with van der Waals surface area (Å²) >= 11 is 0. The van der Waals surface area contributed by atoms with E-state index < -0.39 is 0 Å². The number of ether oxygens (including phenoxy) is 1. The molecule has 1 aliphatic rings. The van der Waals surface area contributed by atoms with E-state index in [2.05, 4.69) is 29.4 Å². The number of methoxy groups -OCH3 is 1. The third-order valence-electron chi connectivity index (χ3n) is 4.68. The predicted octanol–water partition coefficient (Wildman–Crippen LogP) is 1.83. The van der Waals surface area contributed by atoms with E-state index in [0.29, 0.717) is 19.5 Å². The van der Waals surface area contributed by atoms with Crippen LogP contribution in [0.1, 0.15) is 26.7 Å². The normalized spacial score (nSPS) is 16.8. The van der Waals surface area contributed by atoms with Gasteiger partial charge >= 0.3 is 6.03 Å². The van der Waals surface area contributed by atoms with Crippen LogP contribution in [0, 0.1) is 0 Å². The molecule has 1 heterocycles. The van der Waals surface area contributed by atoms with E-state index in [9.17, 15) is 9.59 Å². The van der Waals surface area contributed by atoms with Crippen LogP contribution >= 0.6 is 0 Å². The summed E-state index contributed by atoms with van der Waals surface area (Å²) in [6.45, 7) is 8.40. The van der Waals surface area contributed by atoms with Gasteiger partial charge in [-0.25, -0.2) is 4.79 Å². The Morgan fingerprint density at radius 1 is 1.27 bits per heavy atom. The molecular weight excluding hydrogens is 332 g/mol. The van der Waals surface area contributed by atoms with E-state index in [4.69, 9.17) is 4.74 Å². The number of amides is 3. The Balaban J connectivity index is 1.74. The average Bonchev–Trinajstić information content (AvgIpc) is 3.02. The van der Waals surface area contributed by atoms with Crippen LogP contribution in [0.3, 0.4) is 0 Å². The molecule has 0 saturated carbocycles. The third kappa shape index (κ3) is 5.62. The van der Waals surface area contributed by atoms with Gasteiger partial charge in [0.2, 0.25) is 5.91 Å². The number of anilines is 1. The van der Waals surface area contributed by atoms with Crippen LogP contribution in [0.25, 0.3) is 0 Å². The summed E-state index contributed by atoms with van der Waals surface area (Å²) in [5.74, 6) is 0.765. The molecule has 1 unspecified atom stereocenters. The van der Waals surface area contributed by atoms with Gasteiger partial charge in [0.15, 0.2) is 0 Å². The molecule has 1 aliphatic heterocycles. The predicted molar refractivity (Wildman–Crippen MR) is 103 cm³/mol. The van der Waals surface area contributed by atoms with Gasteiger partial charge in [-0.3, -0.25) is 4.79 Å². The highest BCUT2D eigenvalue weighted by Crippen LogP contribution is 2.24. The average molecular weight is 362 g/mol. The molecule has 0 aliphatic carbocycles. The molecule has 2 rings (SSSR count). The van der Waals surface area contributed by atoms with E-state index in [0.717, 1.165) is 37.5 Å². The minimum absolute atomic E-state index is 0.0157. The second-order valence-corrected chi connectivity index (χ2v) is 6.38. The van der Waals surface area contributed by atoms with Gasteiger partial charge in [0.05, 0.1) is 13.2 Å². The van der Waals surface area contributed by atoms with Gasteiger partial charge in [0.25, 0.3) is 0 Å². The summed E-state index contributed by atoms with van der Waals surface area (Å²) in [7, 11) is 1.61. The second-order valence-electron chi connectivity index (χ2n) is 6.38. The fourth-order valence-corrected chi connectivity index (χ4v) is 3.10. The van der Waals surface area contributed by atoms with Gasteiger partial charge in [-0.05, 0) is 50.3 Å². The topological polar surface area (TPSA) is 73.9 Å². The molecule has 2 N–H and O–H groups in total. The molecule has 7 heteroatoms. The summed E-state index contributed by atoms with van der Waals surface area (Å²) in [4.78, 5) is 28.3. The van der Waals surface area contributed by atoms with E-state index in [1.54, 1.807) is 12.0 Å². The Hall–Kier alpha value is -2.28. The Bertz CT molecular complexity index is 587. The number of carbonyl (C=O) groups excluding carboxylic acids is 2. The van der Waals surface area contributed by atoms with Crippen LogP contribution < -0.4 is 20.3 Å². The lowest BCUT2D eigenvalue weighted by Gasteiger charge is -2.19. The molecule has 0 radical (unpaired) electrons. The number of benzene rings is 1. The van der Waals surface area contributed by atoms with Crippen molar-refractivity contribution in [1.29, 1.82) is 0 Å². The number of hydrogen-bond acceptors (Lipinski definition) is 4. The summed E-state index contributed by atoms with van der Waals surface area (Å²) < 4.78 is 5.14. The van der Waals surface area contributed by atoms with E-state index in [1.165, 1.54) is 0 Å². The van der Waals surface area contributed by atoms with Crippen molar-refractivity contribution in [3.63, 3.8) is 0 Å². The van der Waals surface area contributed by atoms with E-state index in [1.807, 2.05) is 24.3 Å². The summed E-state index contributed by atoms with van der Waals surface area (Å²) in [6.07, 6.45) is 1.23. The highest BCUT2D eigenvalue weighted by Gasteiger charge is 2.31. The lowest BCUT2D eigenvalue weighted by Crippen LogP contribution is -2.44. The van der Waals surface area contributed by atoms with E-state index >= 15 is 0 Å². The van der Waals surface area contributed by atoms with Crippen molar-refractivity contribution in [2.45, 2.75) is 32.7 Å². The third-order valence-corrected chi connectivity index (χ3v) is 4.68. The minimum atomic E-state index is -0.209. The Labute approximate surface area is 155 Å². The van der Waals surface area contributed by atoms with Crippen LogP contribution in [0.5, 0.6) is 5.75 Å². The van der Waals surface area contributed by atoms with Gasteiger partial charge < -0.3 is 25.2 Å². The molecule has 1 saturated heterocycles. The molecule has 26 heavy (non-hydrogen) atoms. The molecule has 144 valence electrons. The quantitative estimate of drug-likeness (QED) is 0.658. The summed E-state index contributed by atoms with van der Waals surface area (Å²) in [5.41, 5.74) is 0.819. The maximum Gasteiger partial charge on any atom is 0.315 e. The molecular formula is C19H30N4O3. The van der Waals surface area contributed by atoms with Crippen molar-refractivity contribution >= 4 is 17.6 Å². The smallest absolute Gasteiger partial charge is 0.315 e. The SMILES string of the molecule is CCN(CC)CCCNC(=O)NC1CC(=O)N(c2ccc(OC)cc2)C1. The van der Waals surface area contributed by atoms with Gasteiger partial charge in [-0.1, -0.05) is 13.8 Å². The zero-order valence-corrected chi connectivity index (χ0v) is 16.0. The number of rotatable bonds is 9. The monoisotopic (exact) mass is 362 g/mol. The molecule has 0 bridgehead atoms. The number of carbonyl (C=O) groups is 2. The number of urea groups is 1. The van der Waals surface area contributed by atoms with Crippen LogP contribution in [0.15, 0.2) is 24.3 Å². The molecule has 0 aromatic heterocycles. The minimum Gasteiger partial charge on any atom is -0.497 e. The molecule has 1 aromatic rings. The largest absolute Gasteiger partial charge is 0.497 e. The van der Waals surface area contributed by atoms with E-state index in [-0.39, 0.29) is 18.0 Å². The standard InChI is InChI=1S/C19H30N4O3/c1-4-22(5-2)12-6-11-20-19(25)21-15-13-18(24)23(14-15)16-7-9-17(26-3)10-8-16/h7-10,15H,4-6,11-14H2,1-3H3,(H2,20,21,25). The number of nitrogens with one attached hydrogen (secondary N) is 2. The Morgan fingerprint density at radius 3 is 2.58 bits per heavy atom. The molecule has 1 aromatic carbocycles. The first-order chi connectivity index (χ1) is 12.6. The molecule has 7 nitrogen and oxygen atoms in total. The van der Waals surface area contributed by atoms with Gasteiger partial charge in [0, 0.05) is 25.2 Å². The number of hydrogen-bond donors (Lipinski definition) is 2. The molecule has 0 spiro atoms. The first kappa shape index (κ1) is 20.0. The highest BCUT2D eigenvalue weighted by atomic mass is 16.5. The maximum absolute atomic E-state index is 12.2. The maximum atomic E-state index is 12.2. The Morgan fingerprint density at radius 2 is 1.96 bits per heavy atom. The first-order valence-corrected chi connectivity index (χ1v) is 9.28. The van der Waals surface area contributed by atoms with Crippen molar-refractivity contribution in [2.24, 2.45) is 0 Å². The fourth-order valence-electron chi connectivity index (χ4n) is 3.10. The fraction of sp³-hybridized carbons (Fsp3) is 0.579. The van der Waals surface area contributed by atoms with Crippen LogP contribution in [0.2, 0.25) is 0 Å². The Kier molecular flexibility index (Phi) is 7.72. The van der Waals surface area contributed by atoms with Crippen molar-refractivity contribution in [1.82, 2.24) is 15.5 Å². The van der Waals surface area contributed by atoms with Crippen LogP contribution in [0.4, 0.5) is 10.5 Å². The molecule has 1 fully saturated rings. The highest BCUT2D eigenvalue weighted by molar-refractivity contribution is 5.96. The summed E-state index contributed by atoms with van der Waals surface area (Å²) in [5, 5.41) is 5.77.